The zero-order chi connectivity index (χ0) is 33.6. The number of carbonyl (C=O) groups excluding carboxylic acids is 4. The third kappa shape index (κ3) is 9.15. The second-order valence-corrected chi connectivity index (χ2v) is 14.3. The fourth-order valence-corrected chi connectivity index (χ4v) is 6.44. The van der Waals surface area contributed by atoms with E-state index in [-0.39, 0.29) is 41.6 Å². The SMILES string of the molecule is C/C(=C\[C@H](C(C)C)N(C)C(=O)C(NC(=O)C1CCCCN1C(C)C)C(C)(C)C)C(=O)N1CCCC1C(=O)Nc1ccc(F)cc1. The van der Waals surface area contributed by atoms with E-state index < -0.39 is 29.4 Å². The summed E-state index contributed by atoms with van der Waals surface area (Å²) in [5.74, 6) is -1.32. The fourth-order valence-electron chi connectivity index (χ4n) is 6.44. The molecule has 3 rings (SSSR count). The lowest BCUT2D eigenvalue weighted by molar-refractivity contribution is -0.142. The van der Waals surface area contributed by atoms with E-state index in [1.807, 2.05) is 34.6 Å². The number of benzene rings is 1. The maximum absolute atomic E-state index is 14.1. The topological polar surface area (TPSA) is 102 Å². The van der Waals surface area contributed by atoms with E-state index in [0.29, 0.717) is 30.6 Å². The van der Waals surface area contributed by atoms with Gasteiger partial charge in [0.15, 0.2) is 0 Å². The number of halogens is 1. The molecule has 0 saturated carbocycles. The molecule has 0 spiro atoms. The van der Waals surface area contributed by atoms with Crippen LogP contribution in [0.1, 0.15) is 87.5 Å². The highest BCUT2D eigenvalue weighted by Crippen LogP contribution is 2.27. The lowest BCUT2D eigenvalue weighted by atomic mass is 9.84. The summed E-state index contributed by atoms with van der Waals surface area (Å²) in [7, 11) is 1.72. The Morgan fingerprint density at radius 3 is 2.13 bits per heavy atom. The highest BCUT2D eigenvalue weighted by molar-refractivity contribution is 6.01. The fraction of sp³-hybridized carbons (Fsp3) is 0.657. The number of carbonyl (C=O) groups is 4. The molecule has 9 nitrogen and oxygen atoms in total. The molecule has 2 heterocycles. The molecule has 2 aliphatic heterocycles. The predicted molar refractivity (Wildman–Crippen MR) is 176 cm³/mol. The Morgan fingerprint density at radius 2 is 1.56 bits per heavy atom. The molecule has 4 atom stereocenters. The first-order valence-electron chi connectivity index (χ1n) is 16.4. The maximum atomic E-state index is 14.1. The van der Waals surface area contributed by atoms with Gasteiger partial charge >= 0.3 is 0 Å². The first-order chi connectivity index (χ1) is 21.0. The molecule has 4 amide bonds. The zero-order valence-corrected chi connectivity index (χ0v) is 28.7. The van der Waals surface area contributed by atoms with Gasteiger partial charge in [0, 0.05) is 30.9 Å². The van der Waals surface area contributed by atoms with Crippen molar-refractivity contribution in [3.63, 3.8) is 0 Å². The lowest BCUT2D eigenvalue weighted by Crippen LogP contribution is -2.60. The summed E-state index contributed by atoms with van der Waals surface area (Å²) in [5, 5.41) is 5.91. The number of piperidine rings is 1. The third-order valence-electron chi connectivity index (χ3n) is 9.07. The number of hydrogen-bond acceptors (Lipinski definition) is 5. The molecular weight excluding hydrogens is 573 g/mol. The van der Waals surface area contributed by atoms with E-state index in [2.05, 4.69) is 29.4 Å². The number of likely N-dealkylation sites (N-methyl/N-ethyl adjacent to an activating group) is 1. The Morgan fingerprint density at radius 1 is 0.933 bits per heavy atom. The molecule has 0 aliphatic carbocycles. The zero-order valence-electron chi connectivity index (χ0n) is 28.7. The van der Waals surface area contributed by atoms with Crippen LogP contribution in [0.2, 0.25) is 0 Å². The number of amides is 4. The first-order valence-corrected chi connectivity index (χ1v) is 16.4. The third-order valence-corrected chi connectivity index (χ3v) is 9.07. The van der Waals surface area contributed by atoms with Crippen LogP contribution in [-0.2, 0) is 19.2 Å². The highest BCUT2D eigenvalue weighted by Gasteiger charge is 2.40. The molecule has 3 unspecified atom stereocenters. The van der Waals surface area contributed by atoms with Crippen LogP contribution in [-0.4, -0.2) is 88.7 Å². The molecule has 0 bridgehead atoms. The smallest absolute Gasteiger partial charge is 0.249 e. The number of hydrogen-bond donors (Lipinski definition) is 2. The van der Waals surface area contributed by atoms with Gasteiger partial charge in [-0.1, -0.05) is 47.1 Å². The Balaban J connectivity index is 1.77. The van der Waals surface area contributed by atoms with E-state index in [4.69, 9.17) is 0 Å². The minimum atomic E-state index is -0.755. The van der Waals surface area contributed by atoms with E-state index in [0.717, 1.165) is 25.8 Å². The number of likely N-dealkylation sites (tertiary alicyclic amines) is 2. The number of nitrogens with zero attached hydrogens (tertiary/aromatic N) is 3. The van der Waals surface area contributed by atoms with Crippen LogP contribution in [0.5, 0.6) is 0 Å². The number of nitrogens with one attached hydrogen (secondary N) is 2. The van der Waals surface area contributed by atoms with Crippen LogP contribution < -0.4 is 10.6 Å². The Bertz CT molecular complexity index is 1240. The number of anilines is 1. The van der Waals surface area contributed by atoms with E-state index in [9.17, 15) is 23.6 Å². The summed E-state index contributed by atoms with van der Waals surface area (Å²) in [6, 6.07) is 3.67. The van der Waals surface area contributed by atoms with Gasteiger partial charge in [0.2, 0.25) is 23.6 Å². The van der Waals surface area contributed by atoms with Gasteiger partial charge in [0.25, 0.3) is 0 Å². The van der Waals surface area contributed by atoms with Crippen molar-refractivity contribution in [3.8, 4) is 0 Å². The van der Waals surface area contributed by atoms with Gasteiger partial charge in [-0.2, -0.15) is 0 Å². The van der Waals surface area contributed by atoms with Crippen LogP contribution in [0.25, 0.3) is 0 Å². The number of rotatable bonds is 10. The van der Waals surface area contributed by atoms with Crippen LogP contribution in [0.3, 0.4) is 0 Å². The molecule has 0 radical (unpaired) electrons. The molecule has 0 aromatic heterocycles. The average molecular weight is 628 g/mol. The molecule has 250 valence electrons. The van der Waals surface area contributed by atoms with Gasteiger partial charge in [-0.05, 0) is 88.6 Å². The normalized spacial score (nSPS) is 21.1. The van der Waals surface area contributed by atoms with Gasteiger partial charge in [-0.15, -0.1) is 0 Å². The van der Waals surface area contributed by atoms with Crippen molar-refractivity contribution in [2.45, 2.75) is 118 Å². The molecule has 2 saturated heterocycles. The summed E-state index contributed by atoms with van der Waals surface area (Å²) in [6.45, 7) is 17.0. The molecule has 2 fully saturated rings. The lowest BCUT2D eigenvalue weighted by Gasteiger charge is -2.41. The summed E-state index contributed by atoms with van der Waals surface area (Å²) in [4.78, 5) is 59.9. The van der Waals surface area contributed by atoms with Gasteiger partial charge in [0.1, 0.15) is 17.9 Å². The average Bonchev–Trinajstić information content (AvgIpc) is 3.48. The van der Waals surface area contributed by atoms with Gasteiger partial charge in [0.05, 0.1) is 12.1 Å². The van der Waals surface area contributed by atoms with Gasteiger partial charge in [-0.25, -0.2) is 4.39 Å². The van der Waals surface area contributed by atoms with Crippen LogP contribution in [0.15, 0.2) is 35.9 Å². The second-order valence-electron chi connectivity index (χ2n) is 14.3. The van der Waals surface area contributed by atoms with Gasteiger partial charge in [-0.3, -0.25) is 24.1 Å². The van der Waals surface area contributed by atoms with E-state index in [1.54, 1.807) is 29.8 Å². The maximum Gasteiger partial charge on any atom is 0.249 e. The molecule has 1 aromatic carbocycles. The van der Waals surface area contributed by atoms with Crippen LogP contribution in [0, 0.1) is 17.2 Å². The summed E-state index contributed by atoms with van der Waals surface area (Å²) < 4.78 is 13.3. The summed E-state index contributed by atoms with van der Waals surface area (Å²) >= 11 is 0. The predicted octanol–water partition coefficient (Wildman–Crippen LogP) is 4.98. The van der Waals surface area contributed by atoms with E-state index in [1.165, 1.54) is 24.3 Å². The Hall–Kier alpha value is -3.27. The summed E-state index contributed by atoms with van der Waals surface area (Å²) in [5.41, 5.74) is 0.365. The standard InChI is InChI=1S/C35H54FN5O4/c1-22(2)29(21-24(5)33(44)41-20-12-14-28(41)31(42)37-26-17-15-25(36)16-18-26)39(9)34(45)30(35(6,7)8)38-32(43)27-13-10-11-19-40(27)23(3)4/h15-18,21-23,27-30H,10-14,19-20H2,1-9H3,(H,37,42)(H,38,43)/b24-21+/t27?,28?,29-,30?/m1/s1. The van der Waals surface area contributed by atoms with Crippen molar-refractivity contribution in [2.75, 3.05) is 25.5 Å². The minimum absolute atomic E-state index is 0.0241. The molecule has 45 heavy (non-hydrogen) atoms. The van der Waals surface area contributed by atoms with Crippen molar-refractivity contribution in [2.24, 2.45) is 11.3 Å². The van der Waals surface area contributed by atoms with E-state index >= 15 is 0 Å². The molecule has 10 heteroatoms. The molecule has 1 aromatic rings. The minimum Gasteiger partial charge on any atom is -0.342 e. The van der Waals surface area contributed by atoms with Gasteiger partial charge < -0.3 is 20.4 Å². The van der Waals surface area contributed by atoms with Crippen molar-refractivity contribution >= 4 is 29.3 Å². The quantitative estimate of drug-likeness (QED) is 0.357. The second kappa shape index (κ2) is 15.3. The van der Waals surface area contributed by atoms with Crippen molar-refractivity contribution in [3.05, 3.63) is 41.7 Å². The molecular formula is C35H54FN5O4. The first kappa shape index (κ1) is 36.2. The molecule has 2 N–H and O–H groups in total. The largest absolute Gasteiger partial charge is 0.342 e. The van der Waals surface area contributed by atoms with Crippen LogP contribution >= 0.6 is 0 Å². The summed E-state index contributed by atoms with van der Waals surface area (Å²) in [6.07, 6.45) is 5.83. The monoisotopic (exact) mass is 627 g/mol. The van der Waals surface area contributed by atoms with Crippen molar-refractivity contribution in [1.29, 1.82) is 0 Å². The Kier molecular flexibility index (Phi) is 12.3. The van der Waals surface area contributed by atoms with Crippen molar-refractivity contribution < 1.29 is 23.6 Å². The van der Waals surface area contributed by atoms with Crippen molar-refractivity contribution in [1.82, 2.24) is 20.0 Å². The highest BCUT2D eigenvalue weighted by atomic mass is 19.1. The Labute approximate surface area is 269 Å². The molecule has 2 aliphatic rings. The van der Waals surface area contributed by atoms with Crippen LogP contribution in [0.4, 0.5) is 10.1 Å².